The maximum atomic E-state index is 5.07. The first-order valence-electron chi connectivity index (χ1n) is 8.78. The van der Waals surface area contributed by atoms with Crippen LogP contribution in [0.15, 0.2) is 0 Å². The average molecular weight is 309 g/mol. The van der Waals surface area contributed by atoms with E-state index in [-0.39, 0.29) is 0 Å². The summed E-state index contributed by atoms with van der Waals surface area (Å²) >= 11 is 1.99. The second-order valence-electron chi connectivity index (χ2n) is 7.24. The molecule has 0 aromatic carbocycles. The summed E-state index contributed by atoms with van der Waals surface area (Å²) < 4.78 is 0. The van der Waals surface area contributed by atoms with Crippen LogP contribution >= 0.6 is 11.3 Å². The molecule has 0 saturated heterocycles. The lowest BCUT2D eigenvalue weighted by Crippen LogP contribution is -2.22. The quantitative estimate of drug-likeness (QED) is 0.723. The fourth-order valence-electron chi connectivity index (χ4n) is 3.09. The van der Waals surface area contributed by atoms with Gasteiger partial charge in [0.2, 0.25) is 0 Å². The van der Waals surface area contributed by atoms with E-state index in [0.717, 1.165) is 18.9 Å². The standard InChI is InChI=1S/C18H32N2S/c1-13(2)11-16-17(12-19-14(3)4)21-18(20-16)15-9-7-5-6-8-10-15/h13-15,19H,5-12H2,1-4H3. The summed E-state index contributed by atoms with van der Waals surface area (Å²) in [5, 5.41) is 5.00. The molecular weight excluding hydrogens is 276 g/mol. The largest absolute Gasteiger partial charge is 0.310 e. The molecule has 0 radical (unpaired) electrons. The van der Waals surface area contributed by atoms with E-state index in [4.69, 9.17) is 4.98 Å². The lowest BCUT2D eigenvalue weighted by molar-refractivity contribution is 0.574. The van der Waals surface area contributed by atoms with Gasteiger partial charge in [-0.2, -0.15) is 0 Å². The van der Waals surface area contributed by atoms with E-state index in [0.29, 0.717) is 12.0 Å². The van der Waals surface area contributed by atoms with Gasteiger partial charge in [-0.05, 0) is 25.2 Å². The molecule has 0 spiro atoms. The highest BCUT2D eigenvalue weighted by Gasteiger charge is 2.21. The predicted octanol–water partition coefficient (Wildman–Crippen LogP) is 5.28. The second-order valence-corrected chi connectivity index (χ2v) is 8.36. The second kappa shape index (κ2) is 8.28. The Hall–Kier alpha value is -0.410. The van der Waals surface area contributed by atoms with Crippen LogP contribution in [0.2, 0.25) is 0 Å². The molecule has 120 valence electrons. The third-order valence-corrected chi connectivity index (χ3v) is 5.53. The van der Waals surface area contributed by atoms with Gasteiger partial charge in [0.1, 0.15) is 0 Å². The molecule has 1 N–H and O–H groups in total. The minimum absolute atomic E-state index is 0.542. The summed E-state index contributed by atoms with van der Waals surface area (Å²) in [5.74, 6) is 1.42. The molecule has 0 unspecified atom stereocenters. The smallest absolute Gasteiger partial charge is 0.0962 e. The van der Waals surface area contributed by atoms with Crippen LogP contribution in [-0.2, 0) is 13.0 Å². The minimum Gasteiger partial charge on any atom is -0.310 e. The highest BCUT2D eigenvalue weighted by Crippen LogP contribution is 2.35. The van der Waals surface area contributed by atoms with Crippen LogP contribution in [0.1, 0.15) is 87.7 Å². The van der Waals surface area contributed by atoms with E-state index in [2.05, 4.69) is 33.0 Å². The summed E-state index contributed by atoms with van der Waals surface area (Å²) in [6.07, 6.45) is 9.45. The molecule has 1 aromatic heterocycles. The Kier molecular flexibility index (Phi) is 6.69. The first kappa shape index (κ1) is 17.0. The van der Waals surface area contributed by atoms with Crippen LogP contribution in [0.4, 0.5) is 0 Å². The molecule has 0 aliphatic heterocycles. The lowest BCUT2D eigenvalue weighted by atomic mass is 10.0. The molecule has 0 amide bonds. The van der Waals surface area contributed by atoms with E-state index in [1.54, 1.807) is 0 Å². The van der Waals surface area contributed by atoms with Gasteiger partial charge in [-0.25, -0.2) is 4.98 Å². The van der Waals surface area contributed by atoms with Crippen molar-refractivity contribution in [3.63, 3.8) is 0 Å². The monoisotopic (exact) mass is 308 g/mol. The predicted molar refractivity (Wildman–Crippen MR) is 93.1 cm³/mol. The van der Waals surface area contributed by atoms with Gasteiger partial charge in [-0.15, -0.1) is 11.3 Å². The number of aromatic nitrogens is 1. The first-order chi connectivity index (χ1) is 10.1. The number of rotatable bonds is 6. The van der Waals surface area contributed by atoms with Crippen molar-refractivity contribution in [2.45, 2.75) is 91.1 Å². The zero-order chi connectivity index (χ0) is 15.2. The molecule has 21 heavy (non-hydrogen) atoms. The van der Waals surface area contributed by atoms with Gasteiger partial charge in [0.25, 0.3) is 0 Å². The fraction of sp³-hybridized carbons (Fsp3) is 0.833. The van der Waals surface area contributed by atoms with Crippen LogP contribution in [0.25, 0.3) is 0 Å². The highest BCUT2D eigenvalue weighted by molar-refractivity contribution is 7.11. The molecule has 1 fully saturated rings. The van der Waals surface area contributed by atoms with Crippen molar-refractivity contribution in [2.24, 2.45) is 5.92 Å². The SMILES string of the molecule is CC(C)Cc1nc(C2CCCCCC2)sc1CNC(C)C. The molecule has 1 aliphatic rings. The first-order valence-corrected chi connectivity index (χ1v) is 9.59. The van der Waals surface area contributed by atoms with Crippen LogP contribution in [-0.4, -0.2) is 11.0 Å². The fourth-order valence-corrected chi connectivity index (χ4v) is 4.30. The van der Waals surface area contributed by atoms with E-state index in [9.17, 15) is 0 Å². The molecular formula is C18H32N2S. The van der Waals surface area contributed by atoms with E-state index < -0.39 is 0 Å². The lowest BCUT2D eigenvalue weighted by Gasteiger charge is -2.09. The summed E-state index contributed by atoms with van der Waals surface area (Å²) in [6, 6.07) is 0.542. The summed E-state index contributed by atoms with van der Waals surface area (Å²) in [5.41, 5.74) is 1.36. The topological polar surface area (TPSA) is 24.9 Å². The third kappa shape index (κ3) is 5.37. The molecule has 1 aromatic rings. The van der Waals surface area contributed by atoms with Crippen molar-refractivity contribution in [3.05, 3.63) is 15.6 Å². The Morgan fingerprint density at radius 3 is 2.33 bits per heavy atom. The Morgan fingerprint density at radius 1 is 1.10 bits per heavy atom. The summed E-state index contributed by atoms with van der Waals surface area (Å²) in [6.45, 7) is 10.0. The highest BCUT2D eigenvalue weighted by atomic mass is 32.1. The molecule has 2 rings (SSSR count). The van der Waals surface area contributed by atoms with Gasteiger partial charge in [0.05, 0.1) is 10.7 Å². The van der Waals surface area contributed by atoms with Gasteiger partial charge >= 0.3 is 0 Å². The van der Waals surface area contributed by atoms with E-state index in [1.165, 1.54) is 54.1 Å². The Bertz CT molecular complexity index is 415. The number of nitrogens with zero attached hydrogens (tertiary/aromatic N) is 1. The Morgan fingerprint density at radius 2 is 1.76 bits per heavy atom. The van der Waals surface area contributed by atoms with Gasteiger partial charge < -0.3 is 5.32 Å². The number of hydrogen-bond acceptors (Lipinski definition) is 3. The Balaban J connectivity index is 2.13. The van der Waals surface area contributed by atoms with Crippen molar-refractivity contribution in [2.75, 3.05) is 0 Å². The maximum Gasteiger partial charge on any atom is 0.0962 e. The number of nitrogens with one attached hydrogen (secondary N) is 1. The van der Waals surface area contributed by atoms with Crippen LogP contribution in [0.5, 0.6) is 0 Å². The van der Waals surface area contributed by atoms with E-state index in [1.807, 2.05) is 11.3 Å². The van der Waals surface area contributed by atoms with Crippen LogP contribution in [0.3, 0.4) is 0 Å². The van der Waals surface area contributed by atoms with Gasteiger partial charge in [0, 0.05) is 23.4 Å². The molecule has 3 heteroatoms. The molecule has 1 heterocycles. The molecule has 1 saturated carbocycles. The van der Waals surface area contributed by atoms with Crippen LogP contribution < -0.4 is 5.32 Å². The number of hydrogen-bond donors (Lipinski definition) is 1. The minimum atomic E-state index is 0.542. The Labute approximate surface area is 134 Å². The van der Waals surface area contributed by atoms with Gasteiger partial charge in [-0.1, -0.05) is 53.4 Å². The van der Waals surface area contributed by atoms with Crippen molar-refractivity contribution in [1.29, 1.82) is 0 Å². The molecule has 2 nitrogen and oxygen atoms in total. The zero-order valence-electron chi connectivity index (χ0n) is 14.2. The summed E-state index contributed by atoms with van der Waals surface area (Å²) in [4.78, 5) is 6.56. The van der Waals surface area contributed by atoms with Crippen molar-refractivity contribution in [1.82, 2.24) is 10.3 Å². The molecule has 0 atom stereocenters. The van der Waals surface area contributed by atoms with Crippen molar-refractivity contribution < 1.29 is 0 Å². The maximum absolute atomic E-state index is 5.07. The molecule has 0 bridgehead atoms. The zero-order valence-corrected chi connectivity index (χ0v) is 15.1. The van der Waals surface area contributed by atoms with Crippen molar-refractivity contribution >= 4 is 11.3 Å². The summed E-state index contributed by atoms with van der Waals surface area (Å²) in [7, 11) is 0. The van der Waals surface area contributed by atoms with Gasteiger partial charge in [-0.3, -0.25) is 0 Å². The van der Waals surface area contributed by atoms with Gasteiger partial charge in [0.15, 0.2) is 0 Å². The average Bonchev–Trinajstić information content (AvgIpc) is 2.63. The normalized spacial score (nSPS) is 17.6. The third-order valence-electron chi connectivity index (χ3n) is 4.27. The number of thiazole rings is 1. The molecule has 1 aliphatic carbocycles. The van der Waals surface area contributed by atoms with Crippen molar-refractivity contribution in [3.8, 4) is 0 Å². The van der Waals surface area contributed by atoms with E-state index >= 15 is 0 Å². The van der Waals surface area contributed by atoms with Crippen LogP contribution in [0, 0.1) is 5.92 Å².